The lowest BCUT2D eigenvalue weighted by molar-refractivity contribution is -0.155. The van der Waals surface area contributed by atoms with E-state index in [2.05, 4.69) is 15.0 Å². The van der Waals surface area contributed by atoms with Crippen molar-refractivity contribution in [1.82, 2.24) is 19.9 Å². The van der Waals surface area contributed by atoms with Gasteiger partial charge < -0.3 is 14.6 Å². The molecule has 1 aliphatic rings. The standard InChI is InChI=1S/C20H20N4O3/c1-3-17(25)24-16(20(26)27-2)10-13-12-6-4-5-7-14(12)23-18(13)19(24)15-8-9-21-11-22-15/h4-9,11,16,19,23H,3,10H2,1-2H3. The lowest BCUT2D eigenvalue weighted by Crippen LogP contribution is -2.51. The maximum absolute atomic E-state index is 12.9. The van der Waals surface area contributed by atoms with Gasteiger partial charge in [0.2, 0.25) is 5.91 Å². The Labute approximate surface area is 156 Å². The van der Waals surface area contributed by atoms with Gasteiger partial charge >= 0.3 is 5.97 Å². The molecule has 7 heteroatoms. The zero-order chi connectivity index (χ0) is 19.0. The number of nitrogens with zero attached hydrogens (tertiary/aromatic N) is 3. The number of esters is 1. The number of amides is 1. The fraction of sp³-hybridized carbons (Fsp3) is 0.300. The van der Waals surface area contributed by atoms with Gasteiger partial charge in [0, 0.05) is 35.6 Å². The monoisotopic (exact) mass is 364 g/mol. The summed E-state index contributed by atoms with van der Waals surface area (Å²) < 4.78 is 5.03. The summed E-state index contributed by atoms with van der Waals surface area (Å²) in [5.41, 5.74) is 3.53. The molecule has 1 aromatic carbocycles. The number of H-pyrrole nitrogens is 1. The first-order valence-corrected chi connectivity index (χ1v) is 8.90. The third kappa shape index (κ3) is 2.75. The zero-order valence-corrected chi connectivity index (χ0v) is 15.2. The van der Waals surface area contributed by atoms with E-state index in [1.165, 1.54) is 13.4 Å². The van der Waals surface area contributed by atoms with E-state index >= 15 is 0 Å². The van der Waals surface area contributed by atoms with Crippen molar-refractivity contribution in [2.75, 3.05) is 7.11 Å². The largest absolute Gasteiger partial charge is 0.467 e. The first kappa shape index (κ1) is 17.2. The van der Waals surface area contributed by atoms with Gasteiger partial charge in [-0.05, 0) is 17.7 Å². The summed E-state index contributed by atoms with van der Waals surface area (Å²) in [7, 11) is 1.35. The van der Waals surface area contributed by atoms with Gasteiger partial charge in [-0.15, -0.1) is 0 Å². The summed E-state index contributed by atoms with van der Waals surface area (Å²) in [6.45, 7) is 1.79. The van der Waals surface area contributed by atoms with Crippen LogP contribution in [0.15, 0.2) is 42.9 Å². The van der Waals surface area contributed by atoms with Crippen LogP contribution in [0.3, 0.4) is 0 Å². The number of hydrogen-bond donors (Lipinski definition) is 1. The molecule has 1 aliphatic heterocycles. The predicted molar refractivity (Wildman–Crippen MR) is 98.8 cm³/mol. The molecule has 1 N–H and O–H groups in total. The molecule has 0 aliphatic carbocycles. The highest BCUT2D eigenvalue weighted by Crippen LogP contribution is 2.40. The van der Waals surface area contributed by atoms with E-state index < -0.39 is 18.1 Å². The topological polar surface area (TPSA) is 88.2 Å². The molecule has 4 rings (SSSR count). The Morgan fingerprint density at radius 1 is 1.30 bits per heavy atom. The van der Waals surface area contributed by atoms with E-state index in [1.54, 1.807) is 24.1 Å². The van der Waals surface area contributed by atoms with E-state index in [0.29, 0.717) is 12.1 Å². The Bertz CT molecular complexity index is 999. The molecule has 1 amide bonds. The third-order valence-electron chi connectivity index (χ3n) is 5.08. The summed E-state index contributed by atoms with van der Waals surface area (Å²) in [5.74, 6) is -0.551. The minimum absolute atomic E-state index is 0.127. The number of carbonyl (C=O) groups is 2. The van der Waals surface area contributed by atoms with Crippen LogP contribution in [-0.2, 0) is 20.7 Å². The number of para-hydroxylation sites is 1. The molecule has 0 saturated carbocycles. The molecule has 0 bridgehead atoms. The SMILES string of the molecule is CCC(=O)N1C(C(=O)OC)Cc2c([nH]c3ccccc23)C1c1ccncn1. The number of benzene rings is 1. The summed E-state index contributed by atoms with van der Waals surface area (Å²) in [4.78, 5) is 38.9. The summed E-state index contributed by atoms with van der Waals surface area (Å²) in [6, 6.07) is 8.51. The number of hydrogen-bond acceptors (Lipinski definition) is 5. The molecule has 3 heterocycles. The van der Waals surface area contributed by atoms with Crippen molar-refractivity contribution in [3.05, 3.63) is 59.8 Å². The van der Waals surface area contributed by atoms with Crippen LogP contribution in [0.5, 0.6) is 0 Å². The maximum atomic E-state index is 12.9. The number of fused-ring (bicyclic) bond motifs is 3. The van der Waals surface area contributed by atoms with Gasteiger partial charge in [0.1, 0.15) is 18.4 Å². The van der Waals surface area contributed by atoms with E-state index in [1.807, 2.05) is 24.3 Å². The molecule has 2 atom stereocenters. The average Bonchev–Trinajstić information content (AvgIpc) is 3.10. The van der Waals surface area contributed by atoms with Gasteiger partial charge in [-0.2, -0.15) is 0 Å². The summed E-state index contributed by atoms with van der Waals surface area (Å²) in [6.07, 6.45) is 3.78. The third-order valence-corrected chi connectivity index (χ3v) is 5.08. The molecule has 27 heavy (non-hydrogen) atoms. The normalized spacial score (nSPS) is 19.0. The molecule has 0 saturated heterocycles. The van der Waals surface area contributed by atoms with Crippen LogP contribution in [0.4, 0.5) is 0 Å². The van der Waals surface area contributed by atoms with Gasteiger partial charge in [-0.25, -0.2) is 14.8 Å². The number of nitrogens with one attached hydrogen (secondary N) is 1. The van der Waals surface area contributed by atoms with E-state index in [-0.39, 0.29) is 12.3 Å². The smallest absolute Gasteiger partial charge is 0.328 e. The Balaban J connectivity index is 1.98. The summed E-state index contributed by atoms with van der Waals surface area (Å²) >= 11 is 0. The van der Waals surface area contributed by atoms with E-state index in [4.69, 9.17) is 4.74 Å². The second-order valence-electron chi connectivity index (χ2n) is 6.50. The fourth-order valence-corrected chi connectivity index (χ4v) is 3.87. The maximum Gasteiger partial charge on any atom is 0.328 e. The lowest BCUT2D eigenvalue weighted by atomic mass is 9.89. The van der Waals surface area contributed by atoms with Gasteiger partial charge in [0.25, 0.3) is 0 Å². The first-order valence-electron chi connectivity index (χ1n) is 8.90. The van der Waals surface area contributed by atoms with Crippen LogP contribution < -0.4 is 0 Å². The molecular formula is C20H20N4O3. The minimum Gasteiger partial charge on any atom is -0.467 e. The second-order valence-corrected chi connectivity index (χ2v) is 6.50. The van der Waals surface area contributed by atoms with Crippen molar-refractivity contribution in [1.29, 1.82) is 0 Å². The summed E-state index contributed by atoms with van der Waals surface area (Å²) in [5, 5.41) is 1.05. The Morgan fingerprint density at radius 2 is 2.11 bits per heavy atom. The Morgan fingerprint density at radius 3 is 2.81 bits per heavy atom. The van der Waals surface area contributed by atoms with Crippen molar-refractivity contribution in [2.24, 2.45) is 0 Å². The highest BCUT2D eigenvalue weighted by molar-refractivity contribution is 5.90. The molecular weight excluding hydrogens is 344 g/mol. The number of ether oxygens (including phenoxy) is 1. The van der Waals surface area contributed by atoms with Crippen LogP contribution in [0, 0.1) is 0 Å². The average molecular weight is 364 g/mol. The number of aromatic nitrogens is 3. The van der Waals surface area contributed by atoms with E-state index in [0.717, 1.165) is 22.2 Å². The van der Waals surface area contributed by atoms with Crippen LogP contribution in [-0.4, -0.2) is 44.9 Å². The fourth-order valence-electron chi connectivity index (χ4n) is 3.87. The molecule has 3 aromatic rings. The van der Waals surface area contributed by atoms with Crippen LogP contribution in [0.2, 0.25) is 0 Å². The number of carbonyl (C=O) groups excluding carboxylic acids is 2. The van der Waals surface area contributed by atoms with Crippen molar-refractivity contribution in [2.45, 2.75) is 31.8 Å². The number of rotatable bonds is 3. The highest BCUT2D eigenvalue weighted by Gasteiger charge is 2.44. The van der Waals surface area contributed by atoms with Crippen LogP contribution >= 0.6 is 0 Å². The van der Waals surface area contributed by atoms with Gasteiger partial charge in [-0.1, -0.05) is 25.1 Å². The first-order chi connectivity index (χ1) is 13.2. The predicted octanol–water partition coefficient (Wildman–Crippen LogP) is 2.38. The van der Waals surface area contributed by atoms with Crippen molar-refractivity contribution in [3.8, 4) is 0 Å². The highest BCUT2D eigenvalue weighted by atomic mass is 16.5. The second kappa shape index (κ2) is 6.83. The molecule has 0 fully saturated rings. The zero-order valence-electron chi connectivity index (χ0n) is 15.2. The molecule has 2 unspecified atom stereocenters. The van der Waals surface area contributed by atoms with Crippen LogP contribution in [0.25, 0.3) is 10.9 Å². The molecule has 2 aromatic heterocycles. The van der Waals surface area contributed by atoms with Crippen LogP contribution in [0.1, 0.15) is 36.3 Å². The molecule has 138 valence electrons. The minimum atomic E-state index is -0.700. The van der Waals surface area contributed by atoms with Crippen molar-refractivity contribution in [3.63, 3.8) is 0 Å². The molecule has 7 nitrogen and oxygen atoms in total. The Kier molecular flexibility index (Phi) is 4.35. The quantitative estimate of drug-likeness (QED) is 0.721. The van der Waals surface area contributed by atoms with Gasteiger partial charge in [0.15, 0.2) is 0 Å². The van der Waals surface area contributed by atoms with Gasteiger partial charge in [0.05, 0.1) is 12.8 Å². The van der Waals surface area contributed by atoms with E-state index in [9.17, 15) is 9.59 Å². The lowest BCUT2D eigenvalue weighted by Gasteiger charge is -2.40. The van der Waals surface area contributed by atoms with Crippen molar-refractivity contribution >= 4 is 22.8 Å². The number of aromatic amines is 1. The molecule has 0 spiro atoms. The molecule has 0 radical (unpaired) electrons. The van der Waals surface area contributed by atoms with Gasteiger partial charge in [-0.3, -0.25) is 4.79 Å². The Hall–Kier alpha value is -3.22. The number of methoxy groups -OCH3 is 1. The van der Waals surface area contributed by atoms with Crippen molar-refractivity contribution < 1.29 is 14.3 Å².